The number of benzene rings is 2. The molecule has 0 atom stereocenters. The lowest BCUT2D eigenvalue weighted by atomic mass is 10.1. The first-order valence-corrected chi connectivity index (χ1v) is 10.6. The van der Waals surface area contributed by atoms with E-state index < -0.39 is 5.97 Å². The van der Waals surface area contributed by atoms with Crippen molar-refractivity contribution in [3.63, 3.8) is 0 Å². The van der Waals surface area contributed by atoms with Crippen molar-refractivity contribution >= 4 is 34.8 Å². The molecule has 7 heteroatoms. The Bertz CT molecular complexity index is 1070. The van der Waals surface area contributed by atoms with Crippen LogP contribution in [0, 0.1) is 0 Å². The van der Waals surface area contributed by atoms with Crippen LogP contribution in [-0.2, 0) is 27.4 Å². The first-order chi connectivity index (χ1) is 14.5. The van der Waals surface area contributed by atoms with Crippen molar-refractivity contribution < 1.29 is 19.1 Å². The number of nitrogens with zero attached hydrogens (tertiary/aromatic N) is 2. The van der Waals surface area contributed by atoms with Gasteiger partial charge in [0, 0.05) is 23.8 Å². The average Bonchev–Trinajstić information content (AvgIpc) is 3.38. The van der Waals surface area contributed by atoms with E-state index in [9.17, 15) is 14.4 Å². The summed E-state index contributed by atoms with van der Waals surface area (Å²) in [6.07, 6.45) is 1.44. The number of ether oxygens (including phenoxy) is 1. The first kappa shape index (κ1) is 20.0. The minimum atomic E-state index is -0.484. The van der Waals surface area contributed by atoms with Gasteiger partial charge in [-0.3, -0.25) is 14.5 Å². The smallest absolute Gasteiger partial charge is 0.338 e. The molecule has 0 spiro atoms. The Kier molecular flexibility index (Phi) is 5.72. The number of aromatic nitrogens is 1. The predicted molar refractivity (Wildman–Crippen MR) is 114 cm³/mol. The predicted octanol–water partition coefficient (Wildman–Crippen LogP) is 4.38. The van der Waals surface area contributed by atoms with Gasteiger partial charge in [-0.05, 0) is 36.2 Å². The van der Waals surface area contributed by atoms with E-state index in [2.05, 4.69) is 24.0 Å². The summed E-state index contributed by atoms with van der Waals surface area (Å²) < 4.78 is 5.37. The van der Waals surface area contributed by atoms with Crippen LogP contribution in [0.3, 0.4) is 0 Å². The van der Waals surface area contributed by atoms with Crippen LogP contribution in [0.25, 0.3) is 10.6 Å². The first-order valence-electron chi connectivity index (χ1n) is 9.72. The number of hydrogen-bond donors (Lipinski definition) is 0. The number of amides is 2. The van der Waals surface area contributed by atoms with Crippen LogP contribution in [-0.4, -0.2) is 22.8 Å². The Morgan fingerprint density at radius 3 is 2.33 bits per heavy atom. The van der Waals surface area contributed by atoms with E-state index in [4.69, 9.17) is 4.74 Å². The van der Waals surface area contributed by atoms with Crippen LogP contribution in [0.1, 0.15) is 41.4 Å². The summed E-state index contributed by atoms with van der Waals surface area (Å²) in [7, 11) is 0. The molecule has 1 aromatic heterocycles. The number of aryl methyl sites for hydroxylation is 1. The van der Waals surface area contributed by atoms with Crippen molar-refractivity contribution in [1.82, 2.24) is 4.98 Å². The minimum absolute atomic E-state index is 0.0766. The molecule has 0 saturated carbocycles. The van der Waals surface area contributed by atoms with E-state index in [-0.39, 0.29) is 31.3 Å². The maximum absolute atomic E-state index is 12.3. The minimum Gasteiger partial charge on any atom is -0.456 e. The largest absolute Gasteiger partial charge is 0.456 e. The number of esters is 1. The number of hydrogen-bond acceptors (Lipinski definition) is 6. The molecule has 6 nitrogen and oxygen atoms in total. The highest BCUT2D eigenvalue weighted by molar-refractivity contribution is 7.13. The second-order valence-electron chi connectivity index (χ2n) is 6.94. The summed E-state index contributed by atoms with van der Waals surface area (Å²) in [4.78, 5) is 41.6. The number of thiazole rings is 1. The molecular formula is C23H20N2O4S. The van der Waals surface area contributed by atoms with Gasteiger partial charge in [0.1, 0.15) is 11.6 Å². The van der Waals surface area contributed by atoms with Crippen molar-refractivity contribution in [2.75, 3.05) is 4.90 Å². The van der Waals surface area contributed by atoms with Crippen LogP contribution in [0.4, 0.5) is 5.69 Å². The fourth-order valence-electron chi connectivity index (χ4n) is 3.22. The van der Waals surface area contributed by atoms with Gasteiger partial charge in [-0.25, -0.2) is 9.78 Å². The highest BCUT2D eigenvalue weighted by Gasteiger charge is 2.30. The molecule has 1 fully saturated rings. The summed E-state index contributed by atoms with van der Waals surface area (Å²) in [5.74, 6) is -0.930. The molecule has 0 radical (unpaired) electrons. The van der Waals surface area contributed by atoms with Crippen molar-refractivity contribution in [3.8, 4) is 10.6 Å². The monoisotopic (exact) mass is 420 g/mol. The molecule has 1 saturated heterocycles. The van der Waals surface area contributed by atoms with E-state index in [1.807, 2.05) is 17.5 Å². The van der Waals surface area contributed by atoms with Gasteiger partial charge in [0.2, 0.25) is 11.8 Å². The molecule has 2 aromatic carbocycles. The van der Waals surface area contributed by atoms with Crippen LogP contribution in [0.5, 0.6) is 0 Å². The summed E-state index contributed by atoms with van der Waals surface area (Å²) in [5.41, 5.74) is 3.82. The summed E-state index contributed by atoms with van der Waals surface area (Å²) in [5, 5.41) is 2.76. The number of carbonyl (C=O) groups excluding carboxylic acids is 3. The number of carbonyl (C=O) groups is 3. The van der Waals surface area contributed by atoms with E-state index in [0.717, 1.165) is 21.9 Å². The fourth-order valence-corrected chi connectivity index (χ4v) is 4.03. The third-order valence-electron chi connectivity index (χ3n) is 4.92. The maximum atomic E-state index is 12.3. The van der Waals surface area contributed by atoms with Gasteiger partial charge >= 0.3 is 5.97 Å². The lowest BCUT2D eigenvalue weighted by Crippen LogP contribution is -2.28. The molecule has 3 aromatic rings. The quantitative estimate of drug-likeness (QED) is 0.437. The van der Waals surface area contributed by atoms with E-state index in [0.29, 0.717) is 16.9 Å². The van der Waals surface area contributed by atoms with Crippen molar-refractivity contribution in [2.24, 2.45) is 0 Å². The Balaban J connectivity index is 1.37. The molecular weight excluding hydrogens is 400 g/mol. The zero-order chi connectivity index (χ0) is 21.1. The molecule has 0 bridgehead atoms. The molecule has 2 amide bonds. The molecule has 0 aliphatic carbocycles. The van der Waals surface area contributed by atoms with Gasteiger partial charge in [-0.2, -0.15) is 0 Å². The SMILES string of the molecule is CCc1ccc(-c2nc(COC(=O)c3ccc(N4C(=O)CCC4=O)cc3)cs2)cc1. The Morgan fingerprint density at radius 2 is 1.70 bits per heavy atom. The summed E-state index contributed by atoms with van der Waals surface area (Å²) >= 11 is 1.51. The fraction of sp³-hybridized carbons (Fsp3) is 0.217. The zero-order valence-electron chi connectivity index (χ0n) is 16.5. The Hall–Kier alpha value is -3.32. The van der Waals surface area contributed by atoms with E-state index >= 15 is 0 Å². The molecule has 2 heterocycles. The van der Waals surface area contributed by atoms with Crippen molar-refractivity contribution in [1.29, 1.82) is 0 Å². The number of imide groups is 1. The van der Waals surface area contributed by atoms with Gasteiger partial charge in [0.15, 0.2) is 0 Å². The van der Waals surface area contributed by atoms with Crippen molar-refractivity contribution in [3.05, 3.63) is 70.7 Å². The zero-order valence-corrected chi connectivity index (χ0v) is 17.3. The molecule has 1 aliphatic heterocycles. The Morgan fingerprint density at radius 1 is 1.03 bits per heavy atom. The maximum Gasteiger partial charge on any atom is 0.338 e. The second kappa shape index (κ2) is 8.59. The lowest BCUT2D eigenvalue weighted by Gasteiger charge is -2.13. The average molecular weight is 420 g/mol. The second-order valence-corrected chi connectivity index (χ2v) is 7.80. The Labute approximate surface area is 178 Å². The van der Waals surface area contributed by atoms with E-state index in [1.54, 1.807) is 24.3 Å². The molecule has 0 unspecified atom stereocenters. The highest BCUT2D eigenvalue weighted by atomic mass is 32.1. The molecule has 30 heavy (non-hydrogen) atoms. The molecule has 4 rings (SSSR count). The van der Waals surface area contributed by atoms with Gasteiger partial charge in [0.05, 0.1) is 16.9 Å². The van der Waals surface area contributed by atoms with Gasteiger partial charge in [-0.1, -0.05) is 31.2 Å². The number of rotatable bonds is 6. The third-order valence-corrected chi connectivity index (χ3v) is 5.86. The molecule has 152 valence electrons. The van der Waals surface area contributed by atoms with E-state index in [1.165, 1.54) is 16.9 Å². The summed E-state index contributed by atoms with van der Waals surface area (Å²) in [6, 6.07) is 14.5. The lowest BCUT2D eigenvalue weighted by molar-refractivity contribution is -0.121. The summed E-state index contributed by atoms with van der Waals surface area (Å²) in [6.45, 7) is 2.19. The van der Waals surface area contributed by atoms with Gasteiger partial charge in [-0.15, -0.1) is 11.3 Å². The standard InChI is InChI=1S/C23H20N2O4S/c1-2-15-3-5-16(6-4-15)22-24-18(14-30-22)13-29-23(28)17-7-9-19(10-8-17)25-20(26)11-12-21(25)27/h3-10,14H,2,11-13H2,1H3. The van der Waals surface area contributed by atoms with Crippen molar-refractivity contribution in [2.45, 2.75) is 32.8 Å². The van der Waals surface area contributed by atoms with Crippen LogP contribution in [0.2, 0.25) is 0 Å². The van der Waals surface area contributed by atoms with Crippen LogP contribution >= 0.6 is 11.3 Å². The molecule has 0 N–H and O–H groups in total. The van der Waals surface area contributed by atoms with Gasteiger partial charge < -0.3 is 4.74 Å². The van der Waals surface area contributed by atoms with Gasteiger partial charge in [0.25, 0.3) is 0 Å². The number of anilines is 1. The highest BCUT2D eigenvalue weighted by Crippen LogP contribution is 2.25. The van der Waals surface area contributed by atoms with Crippen LogP contribution < -0.4 is 4.90 Å². The third kappa shape index (κ3) is 4.16. The van der Waals surface area contributed by atoms with Crippen LogP contribution in [0.15, 0.2) is 53.9 Å². The topological polar surface area (TPSA) is 76.6 Å². The molecule has 1 aliphatic rings. The normalized spacial score (nSPS) is 13.7.